The van der Waals surface area contributed by atoms with Crippen LogP contribution in [0.25, 0.3) is 20.4 Å². The zero-order valence-electron chi connectivity index (χ0n) is 30.6. The summed E-state index contributed by atoms with van der Waals surface area (Å²) in [5, 5.41) is 0. The molecule has 4 heterocycles. The van der Waals surface area contributed by atoms with Gasteiger partial charge < -0.3 is 0 Å². The summed E-state index contributed by atoms with van der Waals surface area (Å²) in [5.41, 5.74) is 11.5. The molecule has 6 rings (SSSR count). The second kappa shape index (κ2) is 21.6. The highest BCUT2D eigenvalue weighted by molar-refractivity contribution is 8.29. The first-order valence-electron chi connectivity index (χ1n) is 18.0. The van der Waals surface area contributed by atoms with Crippen molar-refractivity contribution in [3.63, 3.8) is 0 Å². The van der Waals surface area contributed by atoms with E-state index in [0.29, 0.717) is 60.3 Å². The average molecular weight is 933 g/mol. The summed E-state index contributed by atoms with van der Waals surface area (Å²) in [6, 6.07) is 15.5. The van der Waals surface area contributed by atoms with Crippen LogP contribution in [0.3, 0.4) is 0 Å². The maximum atomic E-state index is 13.3. The Morgan fingerprint density at radius 3 is 1.38 bits per heavy atom. The maximum Gasteiger partial charge on any atom is 0.267 e. The van der Waals surface area contributed by atoms with E-state index in [1.807, 2.05) is 48.5 Å². The van der Waals surface area contributed by atoms with Gasteiger partial charge in [-0.05, 0) is 49.9 Å². The van der Waals surface area contributed by atoms with Crippen molar-refractivity contribution >= 4 is 159 Å². The minimum absolute atomic E-state index is 0.119. The molecule has 4 aromatic rings. The fraction of sp³-hybridized carbons (Fsp3) is 0.333. The normalized spacial score (nSPS) is 15.5. The number of carbonyl (C=O) groups excluding carboxylic acids is 6. The number of nitrogens with one attached hydrogen (secondary N) is 4. The monoisotopic (exact) mass is 932 g/mol. The van der Waals surface area contributed by atoms with E-state index in [0.717, 1.165) is 52.6 Å². The van der Waals surface area contributed by atoms with E-state index in [1.165, 1.54) is 56.0 Å². The molecule has 0 unspecified atom stereocenters. The second-order valence-electron chi connectivity index (χ2n) is 12.6. The number of para-hydroxylation sites is 2. The fourth-order valence-corrected chi connectivity index (χ4v) is 12.0. The molecule has 0 atom stereocenters. The van der Waals surface area contributed by atoms with Crippen molar-refractivity contribution < 1.29 is 28.8 Å². The highest BCUT2D eigenvalue weighted by Crippen LogP contribution is 2.42. The number of nitrogens with zero attached hydrogens (tertiary/aromatic N) is 4. The van der Waals surface area contributed by atoms with Crippen LogP contribution in [0.5, 0.6) is 0 Å². The van der Waals surface area contributed by atoms with Gasteiger partial charge in [-0.3, -0.25) is 60.3 Å². The van der Waals surface area contributed by atoms with Gasteiger partial charge in [0.05, 0.1) is 41.7 Å². The quantitative estimate of drug-likeness (QED) is 0.0294. The summed E-state index contributed by atoms with van der Waals surface area (Å²) in [6.07, 6.45) is 3.95. The van der Waals surface area contributed by atoms with Crippen LogP contribution in [0, 0.1) is 0 Å². The van der Waals surface area contributed by atoms with Crippen molar-refractivity contribution in [2.24, 2.45) is 0 Å². The molecule has 2 saturated heterocycles. The lowest BCUT2D eigenvalue weighted by Crippen LogP contribution is -2.42. The van der Waals surface area contributed by atoms with Crippen LogP contribution in [0.2, 0.25) is 0 Å². The van der Waals surface area contributed by atoms with Gasteiger partial charge >= 0.3 is 0 Å². The topological polar surface area (TPSA) is 183 Å². The van der Waals surface area contributed by atoms with E-state index in [1.54, 1.807) is 0 Å². The Morgan fingerprint density at radius 1 is 0.569 bits per heavy atom. The van der Waals surface area contributed by atoms with Gasteiger partial charge in [-0.1, -0.05) is 109 Å². The zero-order valence-corrected chi connectivity index (χ0v) is 37.1. The Balaban J connectivity index is 0.818. The molecule has 4 N–H and O–H groups in total. The van der Waals surface area contributed by atoms with E-state index >= 15 is 0 Å². The lowest BCUT2D eigenvalue weighted by atomic mass is 10.2. The van der Waals surface area contributed by atoms with Crippen molar-refractivity contribution in [1.29, 1.82) is 0 Å². The SMILES string of the molecule is O=C(CCCCCN1C(=O)C(=C2SC(=S)N(CCCCCC(=O)NNC(=O)CSc3nc4ccccc4s3)C2=O)SC1=S)NNC(=O)CSc1nc2ccccc2s1. The number of amides is 6. The van der Waals surface area contributed by atoms with Crippen LogP contribution >= 0.6 is 94.2 Å². The molecular formula is C36H36N8O6S8. The standard InChI is InChI=1S/C36H36N8O6S8/c45-25(39-41-27(47)19-53-33-37-21-11-5-7-13-23(21)55-33)15-3-1-9-17-43-31(49)29(57-35(43)51)30-32(50)44(36(52)58-30)18-10-2-4-16-26(46)40-42-28(48)20-54-34-38-22-12-6-8-14-24(22)56-34/h5-8,11-14H,1-4,9-10,15-20H2,(H,39,45)(H,40,46)(H,41,47)(H,42,48). The number of benzene rings is 2. The summed E-state index contributed by atoms with van der Waals surface area (Å²) >= 11 is 18.7. The minimum Gasteiger partial charge on any atom is -0.293 e. The average Bonchev–Trinajstić information content (AvgIpc) is 3.97. The zero-order chi connectivity index (χ0) is 41.0. The highest BCUT2D eigenvalue weighted by atomic mass is 32.2. The van der Waals surface area contributed by atoms with E-state index in [2.05, 4.69) is 31.7 Å². The Bertz CT molecular complexity index is 2060. The molecule has 2 aromatic heterocycles. The Morgan fingerprint density at radius 2 is 0.966 bits per heavy atom. The van der Waals surface area contributed by atoms with Crippen LogP contribution in [0.4, 0.5) is 0 Å². The van der Waals surface area contributed by atoms with Gasteiger partial charge in [0.2, 0.25) is 23.6 Å². The molecule has 0 bridgehead atoms. The summed E-state index contributed by atoms with van der Waals surface area (Å²) in [4.78, 5) is 88.0. The molecular weight excluding hydrogens is 897 g/mol. The maximum absolute atomic E-state index is 13.3. The third-order valence-electron chi connectivity index (χ3n) is 8.36. The van der Waals surface area contributed by atoms with E-state index in [9.17, 15) is 28.8 Å². The molecule has 14 nitrogen and oxygen atoms in total. The van der Waals surface area contributed by atoms with E-state index in [-0.39, 0.29) is 69.6 Å². The van der Waals surface area contributed by atoms with Gasteiger partial charge in [0.1, 0.15) is 8.64 Å². The molecule has 2 aromatic carbocycles. The Labute approximate surface area is 369 Å². The largest absolute Gasteiger partial charge is 0.293 e. The van der Waals surface area contributed by atoms with Crippen LogP contribution in [-0.4, -0.2) is 88.4 Å². The first-order valence-corrected chi connectivity index (χ1v) is 24.0. The number of aromatic nitrogens is 2. The molecule has 2 fully saturated rings. The number of carbonyl (C=O) groups is 6. The molecule has 0 radical (unpaired) electrons. The lowest BCUT2D eigenvalue weighted by Gasteiger charge is -2.14. The number of hydrazine groups is 2. The number of thiocarbonyl (C=S) groups is 2. The van der Waals surface area contributed by atoms with Gasteiger partial charge in [0.25, 0.3) is 11.8 Å². The molecule has 0 spiro atoms. The number of fused-ring (bicyclic) bond motifs is 2. The molecule has 58 heavy (non-hydrogen) atoms. The predicted molar refractivity (Wildman–Crippen MR) is 241 cm³/mol. The van der Waals surface area contributed by atoms with E-state index in [4.69, 9.17) is 24.4 Å². The molecule has 0 aliphatic carbocycles. The molecule has 2 aliphatic heterocycles. The van der Waals surface area contributed by atoms with E-state index < -0.39 is 0 Å². The molecule has 6 amide bonds. The van der Waals surface area contributed by atoms with Crippen molar-refractivity contribution in [1.82, 2.24) is 41.5 Å². The van der Waals surface area contributed by atoms with Gasteiger partial charge in [0, 0.05) is 25.9 Å². The van der Waals surface area contributed by atoms with Gasteiger partial charge in [-0.15, -0.1) is 22.7 Å². The van der Waals surface area contributed by atoms with Gasteiger partial charge in [-0.25, -0.2) is 9.97 Å². The number of thioether (sulfide) groups is 4. The van der Waals surface area contributed by atoms with Crippen LogP contribution in [0.15, 0.2) is 67.0 Å². The Kier molecular flexibility index (Phi) is 16.3. The summed E-state index contributed by atoms with van der Waals surface area (Å²) in [6.45, 7) is 0.687. The lowest BCUT2D eigenvalue weighted by molar-refractivity contribution is -0.127. The van der Waals surface area contributed by atoms with Crippen LogP contribution in [0.1, 0.15) is 51.4 Å². The highest BCUT2D eigenvalue weighted by Gasteiger charge is 2.41. The molecule has 2 aliphatic rings. The third kappa shape index (κ3) is 12.2. The number of thiazole rings is 2. The first kappa shape index (κ1) is 43.9. The second-order valence-corrected chi connectivity index (χ2v) is 20.4. The Hall–Kier alpha value is -3.64. The van der Waals surface area contributed by atoms with Crippen molar-refractivity contribution in [2.75, 3.05) is 24.6 Å². The summed E-state index contributed by atoms with van der Waals surface area (Å²) in [5.74, 6) is -1.74. The van der Waals surface area contributed by atoms with Gasteiger partial charge in [0.15, 0.2) is 8.68 Å². The number of rotatable bonds is 18. The van der Waals surface area contributed by atoms with Crippen molar-refractivity contribution in [3.05, 3.63) is 58.3 Å². The molecule has 0 saturated carbocycles. The molecule has 22 heteroatoms. The predicted octanol–water partition coefficient (Wildman–Crippen LogP) is 6.14. The van der Waals surface area contributed by atoms with Crippen LogP contribution < -0.4 is 21.7 Å². The minimum atomic E-state index is -0.340. The number of unbranched alkanes of at least 4 members (excludes halogenated alkanes) is 4. The van der Waals surface area contributed by atoms with Crippen molar-refractivity contribution in [2.45, 2.75) is 60.0 Å². The number of hydrogen-bond donors (Lipinski definition) is 4. The first-order chi connectivity index (χ1) is 28.0. The van der Waals surface area contributed by atoms with Crippen LogP contribution in [-0.2, 0) is 28.8 Å². The summed E-state index contributed by atoms with van der Waals surface area (Å²) < 4.78 is 4.36. The van der Waals surface area contributed by atoms with Crippen molar-refractivity contribution in [3.8, 4) is 0 Å². The summed E-state index contributed by atoms with van der Waals surface area (Å²) in [7, 11) is 0. The smallest absolute Gasteiger partial charge is 0.267 e. The number of hydrogen-bond acceptors (Lipinski definition) is 16. The van der Waals surface area contributed by atoms with Gasteiger partial charge in [-0.2, -0.15) is 0 Å². The third-order valence-corrected chi connectivity index (χ3v) is 15.7. The fourth-order valence-electron chi connectivity index (χ4n) is 5.48. The molecule has 304 valence electrons.